The highest BCUT2D eigenvalue weighted by Gasteiger charge is 2.45. The van der Waals surface area contributed by atoms with Crippen molar-refractivity contribution in [2.24, 2.45) is 0 Å². The van der Waals surface area contributed by atoms with Crippen LogP contribution in [-0.4, -0.2) is 23.9 Å². The van der Waals surface area contributed by atoms with Crippen LogP contribution in [0.25, 0.3) is 21.8 Å². The van der Waals surface area contributed by atoms with Crippen molar-refractivity contribution in [3.05, 3.63) is 59.2 Å². The summed E-state index contributed by atoms with van der Waals surface area (Å²) < 4.78 is 60.1. The normalized spacial score (nSPS) is 15.0. The third kappa shape index (κ3) is 3.95. The summed E-state index contributed by atoms with van der Waals surface area (Å²) in [5, 5.41) is 2.71. The Labute approximate surface area is 164 Å². The van der Waals surface area contributed by atoms with E-state index in [2.05, 4.69) is 9.97 Å². The molecule has 0 bridgehead atoms. The smallest absolute Gasteiger partial charge is 0.261 e. The van der Waals surface area contributed by atoms with E-state index in [-0.39, 0.29) is 5.56 Å². The van der Waals surface area contributed by atoms with E-state index in [0.717, 1.165) is 29.1 Å². The molecule has 9 heteroatoms. The van der Waals surface area contributed by atoms with Crippen molar-refractivity contribution in [2.45, 2.75) is 30.0 Å². The standard InChI is InChI=1S/C19H15F3N2O2S2/c20-19(21,22)28(25,26)11-12-1-3-14(4-2-12)17-10-27-18(24-17)15-7-8-23-16(9-15)13-5-6-13/h1-4,7-10,13H,5-6,11H2. The first-order valence-corrected chi connectivity index (χ1v) is 11.1. The Morgan fingerprint density at radius 3 is 2.43 bits per heavy atom. The number of alkyl halides is 3. The van der Waals surface area contributed by atoms with Crippen LogP contribution in [0.4, 0.5) is 13.2 Å². The Balaban J connectivity index is 1.54. The lowest BCUT2D eigenvalue weighted by atomic mass is 10.1. The van der Waals surface area contributed by atoms with Gasteiger partial charge in [-0.1, -0.05) is 24.3 Å². The summed E-state index contributed by atoms with van der Waals surface area (Å²) in [7, 11) is -5.19. The minimum absolute atomic E-state index is 0.0831. The van der Waals surface area contributed by atoms with Crippen LogP contribution < -0.4 is 0 Å². The quantitative estimate of drug-likeness (QED) is 0.566. The molecule has 1 fully saturated rings. The summed E-state index contributed by atoms with van der Waals surface area (Å²) in [6, 6.07) is 9.89. The van der Waals surface area contributed by atoms with Gasteiger partial charge in [-0.2, -0.15) is 13.2 Å². The van der Waals surface area contributed by atoms with Crippen LogP contribution in [0.2, 0.25) is 0 Å². The molecule has 1 aliphatic carbocycles. The van der Waals surface area contributed by atoms with Crippen LogP contribution >= 0.6 is 11.3 Å². The molecule has 0 aliphatic heterocycles. The van der Waals surface area contributed by atoms with E-state index in [1.807, 2.05) is 17.5 Å². The molecule has 0 radical (unpaired) electrons. The fraction of sp³-hybridized carbons (Fsp3) is 0.263. The van der Waals surface area contributed by atoms with Crippen molar-refractivity contribution >= 4 is 21.2 Å². The van der Waals surface area contributed by atoms with Crippen LogP contribution in [0.15, 0.2) is 48.0 Å². The molecule has 2 aromatic heterocycles. The van der Waals surface area contributed by atoms with Crippen LogP contribution in [0.5, 0.6) is 0 Å². The van der Waals surface area contributed by atoms with Crippen LogP contribution in [0, 0.1) is 0 Å². The minimum atomic E-state index is -5.25. The van der Waals surface area contributed by atoms with Gasteiger partial charge in [0.05, 0.1) is 11.4 Å². The zero-order chi connectivity index (χ0) is 19.9. The first-order chi connectivity index (χ1) is 13.2. The fourth-order valence-corrected chi connectivity index (χ4v) is 4.42. The van der Waals surface area contributed by atoms with E-state index in [4.69, 9.17) is 0 Å². The van der Waals surface area contributed by atoms with E-state index < -0.39 is 21.1 Å². The Morgan fingerprint density at radius 1 is 1.07 bits per heavy atom. The van der Waals surface area contributed by atoms with E-state index in [0.29, 0.717) is 17.2 Å². The van der Waals surface area contributed by atoms with Gasteiger partial charge >= 0.3 is 5.51 Å². The highest BCUT2D eigenvalue weighted by Crippen LogP contribution is 2.40. The first-order valence-electron chi connectivity index (χ1n) is 8.53. The number of benzene rings is 1. The first kappa shape index (κ1) is 19.1. The molecule has 0 spiro atoms. The molecule has 0 N–H and O–H groups in total. The topological polar surface area (TPSA) is 59.9 Å². The van der Waals surface area contributed by atoms with Gasteiger partial charge in [-0.15, -0.1) is 11.3 Å². The lowest BCUT2D eigenvalue weighted by Gasteiger charge is -2.08. The monoisotopic (exact) mass is 424 g/mol. The van der Waals surface area contributed by atoms with E-state index in [9.17, 15) is 21.6 Å². The molecular weight excluding hydrogens is 409 g/mol. The van der Waals surface area contributed by atoms with Crippen molar-refractivity contribution in [1.29, 1.82) is 0 Å². The molecule has 146 valence electrons. The number of sulfone groups is 1. The van der Waals surface area contributed by atoms with Crippen LogP contribution in [0.3, 0.4) is 0 Å². The Kier molecular flexibility index (Phi) is 4.75. The van der Waals surface area contributed by atoms with Crippen molar-refractivity contribution in [3.8, 4) is 21.8 Å². The zero-order valence-electron chi connectivity index (χ0n) is 14.5. The van der Waals surface area contributed by atoms with Gasteiger partial charge in [-0.25, -0.2) is 13.4 Å². The molecule has 1 saturated carbocycles. The number of hydrogen-bond donors (Lipinski definition) is 0. The number of nitrogens with zero attached hydrogens (tertiary/aromatic N) is 2. The maximum absolute atomic E-state index is 12.5. The highest BCUT2D eigenvalue weighted by molar-refractivity contribution is 7.91. The van der Waals surface area contributed by atoms with Gasteiger partial charge in [-0.3, -0.25) is 4.98 Å². The summed E-state index contributed by atoms with van der Waals surface area (Å²) in [5.74, 6) is -0.528. The third-order valence-electron chi connectivity index (χ3n) is 4.49. The molecule has 1 aromatic carbocycles. The van der Waals surface area contributed by atoms with Crippen molar-refractivity contribution in [2.75, 3.05) is 0 Å². The lowest BCUT2D eigenvalue weighted by molar-refractivity contribution is -0.0437. The van der Waals surface area contributed by atoms with Gasteiger partial charge in [0.25, 0.3) is 9.84 Å². The number of pyridine rings is 1. The zero-order valence-corrected chi connectivity index (χ0v) is 16.1. The number of hydrogen-bond acceptors (Lipinski definition) is 5. The van der Waals surface area contributed by atoms with Gasteiger partial charge in [0.2, 0.25) is 0 Å². The second-order valence-electron chi connectivity index (χ2n) is 6.68. The molecule has 0 amide bonds. The molecule has 0 atom stereocenters. The summed E-state index contributed by atoms with van der Waals surface area (Å²) in [6.07, 6.45) is 4.10. The van der Waals surface area contributed by atoms with Gasteiger partial charge in [0.1, 0.15) is 5.01 Å². The third-order valence-corrected chi connectivity index (χ3v) is 6.80. The molecule has 0 saturated heterocycles. The highest BCUT2D eigenvalue weighted by atomic mass is 32.2. The minimum Gasteiger partial charge on any atom is -0.261 e. The van der Waals surface area contributed by atoms with Gasteiger partial charge < -0.3 is 0 Å². The molecule has 28 heavy (non-hydrogen) atoms. The summed E-state index contributed by atoms with van der Waals surface area (Å²) in [4.78, 5) is 9.00. The second-order valence-corrected chi connectivity index (χ2v) is 9.52. The number of halogens is 3. The molecule has 2 heterocycles. The average molecular weight is 424 g/mol. The predicted octanol–water partition coefficient (Wildman–Crippen LogP) is 5.18. The molecular formula is C19H15F3N2O2S2. The van der Waals surface area contributed by atoms with Crippen molar-refractivity contribution < 1.29 is 21.6 Å². The molecule has 3 aromatic rings. The van der Waals surface area contributed by atoms with E-state index >= 15 is 0 Å². The van der Waals surface area contributed by atoms with Gasteiger partial charge in [0, 0.05) is 34.3 Å². The Hall–Kier alpha value is -2.26. The average Bonchev–Trinajstić information content (AvgIpc) is 3.38. The van der Waals surface area contributed by atoms with Gasteiger partial charge in [0.15, 0.2) is 0 Å². The largest absolute Gasteiger partial charge is 0.497 e. The predicted molar refractivity (Wildman–Crippen MR) is 101 cm³/mol. The van der Waals surface area contributed by atoms with Crippen LogP contribution in [0.1, 0.15) is 30.0 Å². The van der Waals surface area contributed by atoms with Gasteiger partial charge in [-0.05, 0) is 30.5 Å². The SMILES string of the molecule is O=S(=O)(Cc1ccc(-c2csc(-c3ccnc(C4CC4)c3)n2)cc1)C(F)(F)F. The van der Waals surface area contributed by atoms with E-state index in [1.165, 1.54) is 23.5 Å². The van der Waals surface area contributed by atoms with Crippen LogP contribution in [-0.2, 0) is 15.6 Å². The maximum Gasteiger partial charge on any atom is 0.497 e. The number of thiazole rings is 1. The summed E-state index contributed by atoms with van der Waals surface area (Å²) in [5.41, 5.74) is -1.70. The number of aromatic nitrogens is 2. The molecule has 4 nitrogen and oxygen atoms in total. The maximum atomic E-state index is 12.5. The Bertz CT molecular complexity index is 1100. The molecule has 0 unspecified atom stereocenters. The fourth-order valence-electron chi connectivity index (χ4n) is 2.80. The number of rotatable bonds is 5. The Morgan fingerprint density at radius 2 is 1.79 bits per heavy atom. The molecule has 4 rings (SSSR count). The molecule has 1 aliphatic rings. The second kappa shape index (κ2) is 6.97. The van der Waals surface area contributed by atoms with Crippen molar-refractivity contribution in [3.63, 3.8) is 0 Å². The summed E-state index contributed by atoms with van der Waals surface area (Å²) in [6.45, 7) is 0. The van der Waals surface area contributed by atoms with Crippen molar-refractivity contribution in [1.82, 2.24) is 9.97 Å². The summed E-state index contributed by atoms with van der Waals surface area (Å²) >= 11 is 1.47. The lowest BCUT2D eigenvalue weighted by Crippen LogP contribution is -2.24. The van der Waals surface area contributed by atoms with E-state index in [1.54, 1.807) is 18.3 Å².